The topological polar surface area (TPSA) is 72.7 Å². The van der Waals surface area contributed by atoms with Crippen molar-refractivity contribution in [1.29, 1.82) is 0 Å². The van der Waals surface area contributed by atoms with Gasteiger partial charge in [0, 0.05) is 24.1 Å². The summed E-state index contributed by atoms with van der Waals surface area (Å²) in [6.07, 6.45) is 5.28. The van der Waals surface area contributed by atoms with Crippen LogP contribution in [-0.2, 0) is 4.79 Å². The number of benzene rings is 2. The summed E-state index contributed by atoms with van der Waals surface area (Å²) in [6, 6.07) is 15.4. The van der Waals surface area contributed by atoms with Crippen LogP contribution in [0.3, 0.4) is 0 Å². The van der Waals surface area contributed by atoms with Gasteiger partial charge in [0.2, 0.25) is 5.91 Å². The molecular formula is C23H23N5OS. The van der Waals surface area contributed by atoms with Crippen LogP contribution in [0.5, 0.6) is 0 Å². The van der Waals surface area contributed by atoms with Gasteiger partial charge in [0.05, 0.1) is 15.7 Å². The minimum atomic E-state index is 0.122. The predicted octanol–water partition coefficient (Wildman–Crippen LogP) is 4.84. The number of aromatic nitrogens is 4. The van der Waals surface area contributed by atoms with Gasteiger partial charge in [-0.05, 0) is 42.5 Å². The summed E-state index contributed by atoms with van der Waals surface area (Å²) in [5.41, 5.74) is 6.33. The Hall–Kier alpha value is -3.06. The third-order valence-corrected chi connectivity index (χ3v) is 6.66. The van der Waals surface area contributed by atoms with Gasteiger partial charge < -0.3 is 9.88 Å². The first kappa shape index (κ1) is 18.9. The highest BCUT2D eigenvalue weighted by atomic mass is 32.1. The maximum Gasteiger partial charge on any atom is 0.219 e. The molecule has 0 saturated heterocycles. The van der Waals surface area contributed by atoms with Crippen LogP contribution in [0.2, 0.25) is 0 Å². The molecular weight excluding hydrogens is 394 g/mol. The van der Waals surface area contributed by atoms with Crippen molar-refractivity contribution in [2.45, 2.75) is 44.7 Å². The first-order chi connectivity index (χ1) is 14.7. The fourth-order valence-corrected chi connectivity index (χ4v) is 4.95. The molecule has 1 aliphatic carbocycles. The van der Waals surface area contributed by atoms with Crippen LogP contribution < -0.4 is 5.32 Å². The van der Waals surface area contributed by atoms with E-state index in [1.165, 1.54) is 15.8 Å². The van der Waals surface area contributed by atoms with E-state index in [2.05, 4.69) is 67.5 Å². The maximum atomic E-state index is 11.7. The van der Waals surface area contributed by atoms with E-state index in [0.29, 0.717) is 12.5 Å². The Kier molecular flexibility index (Phi) is 5.04. The van der Waals surface area contributed by atoms with Gasteiger partial charge in [-0.3, -0.25) is 4.79 Å². The molecule has 2 aromatic carbocycles. The van der Waals surface area contributed by atoms with Gasteiger partial charge in [0.1, 0.15) is 6.33 Å². The normalized spacial score (nSPS) is 18.7. The lowest BCUT2D eigenvalue weighted by Crippen LogP contribution is -2.32. The van der Waals surface area contributed by atoms with Crippen LogP contribution in [-0.4, -0.2) is 31.7 Å². The second-order valence-electron chi connectivity index (χ2n) is 7.76. The monoisotopic (exact) mass is 417 g/mol. The number of hydrogen-bond acceptors (Lipinski definition) is 5. The average Bonchev–Trinajstić information content (AvgIpc) is 3.53. The molecule has 0 unspecified atom stereocenters. The van der Waals surface area contributed by atoms with Gasteiger partial charge in [-0.15, -0.1) is 21.5 Å². The second kappa shape index (κ2) is 7.99. The molecule has 4 aromatic rings. The van der Waals surface area contributed by atoms with Crippen molar-refractivity contribution >= 4 is 27.5 Å². The Bertz CT molecular complexity index is 1180. The first-order valence-corrected chi connectivity index (χ1v) is 11.2. The molecule has 2 heterocycles. The van der Waals surface area contributed by atoms with E-state index < -0.39 is 0 Å². The average molecular weight is 418 g/mol. The number of nitrogens with one attached hydrogen (secondary N) is 1. The summed E-state index contributed by atoms with van der Waals surface area (Å²) >= 11 is 1.66. The Labute approximate surface area is 179 Å². The van der Waals surface area contributed by atoms with E-state index in [4.69, 9.17) is 0 Å². The molecule has 1 fully saturated rings. The molecule has 2 aromatic heterocycles. The summed E-state index contributed by atoms with van der Waals surface area (Å²) < 4.78 is 3.36. The molecule has 2 atom stereocenters. The van der Waals surface area contributed by atoms with Gasteiger partial charge in [-0.25, -0.2) is 4.98 Å². The number of carbonyl (C=O) groups excluding carboxylic acids is 1. The van der Waals surface area contributed by atoms with Gasteiger partial charge in [0.25, 0.3) is 0 Å². The van der Waals surface area contributed by atoms with Crippen LogP contribution in [0.1, 0.15) is 38.6 Å². The molecule has 0 spiro atoms. The minimum Gasteiger partial charge on any atom is -0.353 e. The summed E-state index contributed by atoms with van der Waals surface area (Å²) in [5.74, 6) is 1.00. The Morgan fingerprint density at radius 1 is 1.13 bits per heavy atom. The largest absolute Gasteiger partial charge is 0.353 e. The Morgan fingerprint density at radius 3 is 2.77 bits per heavy atom. The van der Waals surface area contributed by atoms with Crippen LogP contribution in [0.4, 0.5) is 0 Å². The van der Waals surface area contributed by atoms with E-state index in [1.807, 2.05) is 18.8 Å². The van der Waals surface area contributed by atoms with Gasteiger partial charge >= 0.3 is 0 Å². The molecule has 0 aliphatic heterocycles. The van der Waals surface area contributed by atoms with Crippen molar-refractivity contribution in [3.05, 3.63) is 54.3 Å². The Balaban J connectivity index is 1.36. The first-order valence-electron chi connectivity index (χ1n) is 10.3. The van der Waals surface area contributed by atoms with E-state index in [9.17, 15) is 4.79 Å². The molecule has 7 heteroatoms. The lowest BCUT2D eigenvalue weighted by atomic mass is 10.0. The maximum absolute atomic E-state index is 11.7. The lowest BCUT2D eigenvalue weighted by molar-refractivity contribution is -0.121. The minimum absolute atomic E-state index is 0.122. The van der Waals surface area contributed by atoms with Crippen molar-refractivity contribution in [2.24, 2.45) is 0 Å². The van der Waals surface area contributed by atoms with Crippen LogP contribution in [0.25, 0.3) is 32.7 Å². The molecule has 0 radical (unpaired) electrons. The summed E-state index contributed by atoms with van der Waals surface area (Å²) in [5, 5.41) is 11.7. The van der Waals surface area contributed by atoms with Crippen molar-refractivity contribution in [3.8, 4) is 22.5 Å². The molecule has 0 bridgehead atoms. The number of amides is 1. The van der Waals surface area contributed by atoms with Crippen molar-refractivity contribution in [2.75, 3.05) is 0 Å². The fourth-order valence-electron chi connectivity index (χ4n) is 4.23. The second-order valence-corrected chi connectivity index (χ2v) is 8.65. The van der Waals surface area contributed by atoms with Gasteiger partial charge in [-0.1, -0.05) is 37.3 Å². The number of hydrogen-bond donors (Lipinski definition) is 1. The third-order valence-electron chi connectivity index (χ3n) is 5.87. The van der Waals surface area contributed by atoms with Crippen LogP contribution >= 0.6 is 11.3 Å². The molecule has 152 valence electrons. The van der Waals surface area contributed by atoms with Crippen LogP contribution in [0.15, 0.2) is 54.3 Å². The van der Waals surface area contributed by atoms with Crippen LogP contribution in [0, 0.1) is 0 Å². The molecule has 1 amide bonds. The Morgan fingerprint density at radius 2 is 1.93 bits per heavy atom. The molecule has 6 nitrogen and oxygen atoms in total. The molecule has 1 N–H and O–H groups in total. The summed E-state index contributed by atoms with van der Waals surface area (Å²) in [4.78, 5) is 16.1. The summed E-state index contributed by atoms with van der Waals surface area (Å²) in [7, 11) is 0. The molecule has 30 heavy (non-hydrogen) atoms. The number of carbonyl (C=O) groups is 1. The highest BCUT2D eigenvalue weighted by Gasteiger charge is 2.28. The smallest absolute Gasteiger partial charge is 0.219 e. The molecule has 1 aliphatic rings. The number of rotatable bonds is 5. The van der Waals surface area contributed by atoms with Gasteiger partial charge in [0.15, 0.2) is 5.82 Å². The van der Waals surface area contributed by atoms with E-state index >= 15 is 0 Å². The van der Waals surface area contributed by atoms with Crippen molar-refractivity contribution in [3.63, 3.8) is 0 Å². The molecule has 5 rings (SSSR count). The number of thiazole rings is 1. The number of fused-ring (bicyclic) bond motifs is 1. The highest BCUT2D eigenvalue weighted by Crippen LogP contribution is 2.34. The molecule has 1 saturated carbocycles. The van der Waals surface area contributed by atoms with E-state index in [0.717, 1.165) is 36.2 Å². The predicted molar refractivity (Wildman–Crippen MR) is 119 cm³/mol. The quantitative estimate of drug-likeness (QED) is 0.504. The third kappa shape index (κ3) is 3.61. The summed E-state index contributed by atoms with van der Waals surface area (Å²) in [6.45, 7) is 1.89. The fraction of sp³-hybridized carbons (Fsp3) is 0.304. The zero-order valence-electron chi connectivity index (χ0n) is 16.8. The zero-order valence-corrected chi connectivity index (χ0v) is 17.6. The highest BCUT2D eigenvalue weighted by molar-refractivity contribution is 7.16. The van der Waals surface area contributed by atoms with Crippen molar-refractivity contribution in [1.82, 2.24) is 25.1 Å². The standard InChI is InChI=1S/C23H23N5OS/c1-2-22(29)26-18-8-9-19(12-18)28-13-25-27-23(28)16-5-3-15(4-6-16)17-7-10-20-21(11-17)30-14-24-20/h3-7,10-11,13-14,18-19H,2,8-9,12H2,1H3,(H,26,29)/t18-,19+/m0/s1. The zero-order chi connectivity index (χ0) is 20.5. The van der Waals surface area contributed by atoms with E-state index in [1.54, 1.807) is 11.3 Å². The lowest BCUT2D eigenvalue weighted by Gasteiger charge is -2.16. The number of nitrogens with zero attached hydrogens (tertiary/aromatic N) is 4. The van der Waals surface area contributed by atoms with Gasteiger partial charge in [-0.2, -0.15) is 0 Å². The van der Waals surface area contributed by atoms with Crippen molar-refractivity contribution < 1.29 is 4.79 Å². The SMILES string of the molecule is CCC(=O)N[C@H]1CC[C@@H](n2cnnc2-c2ccc(-c3ccc4ncsc4c3)cc2)C1. The van der Waals surface area contributed by atoms with E-state index in [-0.39, 0.29) is 11.9 Å².